The lowest BCUT2D eigenvalue weighted by Crippen LogP contribution is -2.37. The quantitative estimate of drug-likeness (QED) is 0.0214. The van der Waals surface area contributed by atoms with Gasteiger partial charge in [-0.2, -0.15) is 0 Å². The number of nitrogens with zero attached hydrogens (tertiary/aromatic N) is 1. The summed E-state index contributed by atoms with van der Waals surface area (Å²) in [7, 11) is 1.69. The van der Waals surface area contributed by atoms with E-state index < -0.39 is 13.9 Å². The molecule has 0 rings (SSSR count). The maximum Gasteiger partial charge on any atom is 0.472 e. The van der Waals surface area contributed by atoms with Crippen LogP contribution in [0, 0.1) is 0 Å². The molecule has 0 aliphatic heterocycles. The molecule has 0 saturated heterocycles. The summed E-state index contributed by atoms with van der Waals surface area (Å²) >= 11 is 0. The third kappa shape index (κ3) is 52.1. The molecule has 0 aliphatic carbocycles. The molecule has 9 heteroatoms. The van der Waals surface area contributed by atoms with Gasteiger partial charge in [0.25, 0.3) is 0 Å². The molecule has 0 bridgehead atoms. The van der Waals surface area contributed by atoms with Crippen LogP contribution in [0.1, 0.15) is 271 Å². The lowest BCUT2D eigenvalue weighted by Gasteiger charge is -2.24. The van der Waals surface area contributed by atoms with Crippen molar-refractivity contribution in [1.29, 1.82) is 0 Å². The molecule has 0 saturated carbocycles. The Morgan fingerprint density at radius 2 is 0.825 bits per heavy atom. The summed E-state index contributed by atoms with van der Waals surface area (Å²) in [4.78, 5) is 23.0. The van der Waals surface area contributed by atoms with Crippen molar-refractivity contribution in [2.24, 2.45) is 0 Å². The topological polar surface area (TPSA) is 91.3 Å². The van der Waals surface area contributed by atoms with Gasteiger partial charge in [-0.15, -0.1) is 0 Å². The fraction of sp³-hybridized carbons (Fsp3) is 0.944. The van der Waals surface area contributed by atoms with E-state index in [-0.39, 0.29) is 25.8 Å². The number of ether oxygens (including phenoxy) is 2. The number of unbranched alkanes of at least 4 members (excludes halogenated alkanes) is 36. The largest absolute Gasteiger partial charge is 0.472 e. The summed E-state index contributed by atoms with van der Waals surface area (Å²) in [5.74, 6) is -0.306. The van der Waals surface area contributed by atoms with Gasteiger partial charge in [0.15, 0.2) is 0 Å². The first-order chi connectivity index (χ1) is 30.6. The number of allylic oxidation sites excluding steroid dienone is 2. The van der Waals surface area contributed by atoms with Gasteiger partial charge in [-0.05, 0) is 38.5 Å². The molecule has 8 nitrogen and oxygen atoms in total. The highest BCUT2D eigenvalue weighted by molar-refractivity contribution is 7.47. The molecular weight excluding hydrogens is 806 g/mol. The predicted octanol–water partition coefficient (Wildman–Crippen LogP) is 17.0. The van der Waals surface area contributed by atoms with E-state index in [1.165, 1.54) is 218 Å². The molecule has 0 aromatic rings. The van der Waals surface area contributed by atoms with Crippen molar-refractivity contribution in [3.63, 3.8) is 0 Å². The van der Waals surface area contributed by atoms with Gasteiger partial charge in [-0.1, -0.05) is 238 Å². The smallest absolute Gasteiger partial charge is 0.457 e. The number of carbonyl (C=O) groups excluding carboxylic acids is 1. The lowest BCUT2D eigenvalue weighted by atomic mass is 10.0. The highest BCUT2D eigenvalue weighted by Gasteiger charge is 2.26. The van der Waals surface area contributed by atoms with E-state index in [1.807, 2.05) is 21.1 Å². The zero-order chi connectivity index (χ0) is 46.2. The summed E-state index contributed by atoms with van der Waals surface area (Å²) in [6, 6.07) is 0. The zero-order valence-electron chi connectivity index (χ0n) is 42.8. The highest BCUT2D eigenvalue weighted by atomic mass is 31.2. The molecule has 376 valence electrons. The number of likely N-dealkylation sites (N-methyl/N-ethyl adjacent to an activating group) is 1. The third-order valence-corrected chi connectivity index (χ3v) is 13.3. The normalized spacial score (nSPS) is 13.6. The summed E-state index contributed by atoms with van der Waals surface area (Å²) < 4.78 is 35.2. The average Bonchev–Trinajstić information content (AvgIpc) is 3.24. The van der Waals surface area contributed by atoms with Gasteiger partial charge < -0.3 is 18.9 Å². The van der Waals surface area contributed by atoms with Crippen molar-refractivity contribution >= 4 is 13.8 Å². The highest BCUT2D eigenvalue weighted by Crippen LogP contribution is 2.43. The average molecular weight is 915 g/mol. The van der Waals surface area contributed by atoms with Gasteiger partial charge in [0.05, 0.1) is 34.4 Å². The van der Waals surface area contributed by atoms with Crippen molar-refractivity contribution in [1.82, 2.24) is 0 Å². The van der Waals surface area contributed by atoms with Crippen LogP contribution in [0.3, 0.4) is 0 Å². The molecule has 2 unspecified atom stereocenters. The number of quaternary nitrogens is 1. The van der Waals surface area contributed by atoms with Crippen LogP contribution >= 0.6 is 7.82 Å². The Hall–Kier alpha value is -0.760. The minimum Gasteiger partial charge on any atom is -0.457 e. The van der Waals surface area contributed by atoms with E-state index in [0.717, 1.165) is 32.1 Å². The molecule has 0 aliphatic rings. The minimum absolute atomic E-state index is 0.0922. The molecule has 0 aromatic heterocycles. The van der Waals surface area contributed by atoms with E-state index in [1.54, 1.807) is 0 Å². The van der Waals surface area contributed by atoms with Gasteiger partial charge in [-0.3, -0.25) is 13.8 Å². The van der Waals surface area contributed by atoms with Crippen molar-refractivity contribution in [3.05, 3.63) is 12.2 Å². The number of hydrogen-bond donors (Lipinski definition) is 1. The van der Waals surface area contributed by atoms with Gasteiger partial charge in [0.1, 0.15) is 19.3 Å². The fourth-order valence-electron chi connectivity index (χ4n) is 8.08. The molecule has 0 radical (unpaired) electrons. The number of esters is 1. The van der Waals surface area contributed by atoms with Crippen molar-refractivity contribution in [2.45, 2.75) is 277 Å². The van der Waals surface area contributed by atoms with Gasteiger partial charge in [0.2, 0.25) is 0 Å². The molecule has 2 atom stereocenters. The first kappa shape index (κ1) is 62.2. The summed E-state index contributed by atoms with van der Waals surface area (Å²) in [6.07, 6.45) is 55.5. The lowest BCUT2D eigenvalue weighted by molar-refractivity contribution is -0.870. The Balaban J connectivity index is 4.06. The SMILES string of the molecule is CCCCCCCC/C=C\CCCCCCCCCCCCOCC(COP(=O)(O)OCC[N+](C)(C)C)OC(=O)CCCCCCCCCCCCCCCCCCCCCCC. The Labute approximate surface area is 392 Å². The Morgan fingerprint density at radius 3 is 1.21 bits per heavy atom. The van der Waals surface area contributed by atoms with E-state index in [4.69, 9.17) is 18.5 Å². The van der Waals surface area contributed by atoms with Crippen LogP contribution in [0.4, 0.5) is 0 Å². The minimum atomic E-state index is -4.28. The molecule has 0 amide bonds. The zero-order valence-corrected chi connectivity index (χ0v) is 43.7. The fourth-order valence-corrected chi connectivity index (χ4v) is 8.82. The van der Waals surface area contributed by atoms with Gasteiger partial charge in [-0.25, -0.2) is 4.57 Å². The molecule has 0 heterocycles. The number of carbonyl (C=O) groups is 1. The summed E-state index contributed by atoms with van der Waals surface area (Å²) in [5.41, 5.74) is 0. The standard InChI is InChI=1S/C54H108NO7P/c1-6-8-10-12-14-16-18-20-22-24-26-28-29-31-33-35-37-39-41-43-45-47-54(56)62-53(52-61-63(57,58)60-50-48-55(3,4)5)51-59-49-46-44-42-40-38-36-34-32-30-27-25-23-21-19-17-15-13-11-9-7-2/h21,23,53H,6-20,22,24-52H2,1-5H3/p+1/b23-21-. The first-order valence-corrected chi connectivity index (χ1v) is 28.9. The maximum absolute atomic E-state index is 12.8. The second-order valence-corrected chi connectivity index (χ2v) is 21.4. The number of phosphoric acid groups is 1. The first-order valence-electron chi connectivity index (χ1n) is 27.4. The van der Waals surface area contributed by atoms with Crippen molar-refractivity contribution < 1.29 is 37.3 Å². The van der Waals surface area contributed by atoms with Crippen molar-refractivity contribution in [3.8, 4) is 0 Å². The monoisotopic (exact) mass is 915 g/mol. The Morgan fingerprint density at radius 1 is 0.476 bits per heavy atom. The van der Waals surface area contributed by atoms with E-state index in [0.29, 0.717) is 24.1 Å². The molecule has 0 aromatic carbocycles. The molecule has 63 heavy (non-hydrogen) atoms. The molecule has 0 spiro atoms. The Bertz CT molecular complexity index is 1020. The van der Waals surface area contributed by atoms with Crippen molar-refractivity contribution in [2.75, 3.05) is 54.1 Å². The van der Waals surface area contributed by atoms with Crippen LogP contribution in [0.2, 0.25) is 0 Å². The molecule has 1 N–H and O–H groups in total. The Kier molecular flexibility index (Phi) is 47.1. The van der Waals surface area contributed by atoms with Crippen LogP contribution in [0.25, 0.3) is 0 Å². The maximum atomic E-state index is 12.8. The predicted molar refractivity (Wildman–Crippen MR) is 270 cm³/mol. The number of phosphoric ester groups is 1. The van der Waals surface area contributed by atoms with Crippen LogP contribution in [-0.2, 0) is 27.9 Å². The summed E-state index contributed by atoms with van der Waals surface area (Å²) in [6.45, 7) is 5.69. The van der Waals surface area contributed by atoms with Crippen LogP contribution in [0.5, 0.6) is 0 Å². The molecule has 0 fully saturated rings. The van der Waals surface area contributed by atoms with Gasteiger partial charge in [0, 0.05) is 13.0 Å². The van der Waals surface area contributed by atoms with E-state index in [2.05, 4.69) is 26.0 Å². The molecular formula is C54H109NO7P+. The third-order valence-electron chi connectivity index (χ3n) is 12.3. The van der Waals surface area contributed by atoms with E-state index >= 15 is 0 Å². The van der Waals surface area contributed by atoms with Gasteiger partial charge >= 0.3 is 13.8 Å². The van der Waals surface area contributed by atoms with E-state index in [9.17, 15) is 14.3 Å². The van der Waals surface area contributed by atoms with Crippen LogP contribution < -0.4 is 0 Å². The number of rotatable bonds is 52. The second-order valence-electron chi connectivity index (χ2n) is 20.0. The van der Waals surface area contributed by atoms with Crippen LogP contribution in [-0.4, -0.2) is 75.6 Å². The summed E-state index contributed by atoms with van der Waals surface area (Å²) in [5, 5.41) is 0. The second kappa shape index (κ2) is 47.7. The number of hydrogen-bond acceptors (Lipinski definition) is 6. The van der Waals surface area contributed by atoms with Crippen LogP contribution in [0.15, 0.2) is 12.2 Å².